The number of pyridine rings is 1. The highest BCUT2D eigenvalue weighted by atomic mass is 35.5. The first-order valence-corrected chi connectivity index (χ1v) is 6.78. The average Bonchev–Trinajstić information content (AvgIpc) is 2.38. The van der Waals surface area contributed by atoms with E-state index < -0.39 is 0 Å². The lowest BCUT2D eigenvalue weighted by Crippen LogP contribution is -2.22. The summed E-state index contributed by atoms with van der Waals surface area (Å²) in [6, 6.07) is 8.25. The molecule has 0 saturated carbocycles. The van der Waals surface area contributed by atoms with Gasteiger partial charge in [0.15, 0.2) is 0 Å². The van der Waals surface area contributed by atoms with Crippen LogP contribution in [0.5, 0.6) is 0 Å². The predicted molar refractivity (Wildman–Crippen MR) is 82.8 cm³/mol. The smallest absolute Gasteiger partial charge is 0.244 e. The van der Waals surface area contributed by atoms with E-state index in [-0.39, 0.29) is 12.5 Å². The second-order valence-electron chi connectivity index (χ2n) is 3.92. The summed E-state index contributed by atoms with van der Waals surface area (Å²) < 4.78 is 0. The van der Waals surface area contributed by atoms with Crippen LogP contribution < -0.4 is 10.6 Å². The largest absolute Gasteiger partial charge is 0.376 e. The Kier molecular flexibility index (Phi) is 5.06. The molecular formula is C13H10Cl3N3O. The summed E-state index contributed by atoms with van der Waals surface area (Å²) in [6.07, 6.45) is 1.46. The highest BCUT2D eigenvalue weighted by Gasteiger charge is 2.04. The lowest BCUT2D eigenvalue weighted by molar-refractivity contribution is -0.114. The van der Waals surface area contributed by atoms with Crippen molar-refractivity contribution in [2.75, 3.05) is 17.2 Å². The quantitative estimate of drug-likeness (QED) is 0.887. The molecule has 7 heteroatoms. The number of aromatic nitrogens is 1. The fraction of sp³-hybridized carbons (Fsp3) is 0.0769. The summed E-state index contributed by atoms with van der Waals surface area (Å²) in [4.78, 5) is 15.7. The highest BCUT2D eigenvalue weighted by Crippen LogP contribution is 2.22. The first kappa shape index (κ1) is 14.9. The molecule has 1 heterocycles. The van der Waals surface area contributed by atoms with E-state index in [0.717, 1.165) is 0 Å². The third-order valence-electron chi connectivity index (χ3n) is 2.31. The number of hydrogen-bond donors (Lipinski definition) is 2. The topological polar surface area (TPSA) is 54.0 Å². The van der Waals surface area contributed by atoms with Crippen molar-refractivity contribution >= 4 is 52.2 Å². The highest BCUT2D eigenvalue weighted by molar-refractivity contribution is 6.35. The summed E-state index contributed by atoms with van der Waals surface area (Å²) >= 11 is 17.4. The Hall–Kier alpha value is -1.49. The fourth-order valence-electron chi connectivity index (χ4n) is 1.48. The molecule has 0 spiro atoms. The summed E-state index contributed by atoms with van der Waals surface area (Å²) in [5.41, 5.74) is 0.668. The van der Waals surface area contributed by atoms with Crippen LogP contribution in [0.25, 0.3) is 0 Å². The summed E-state index contributed by atoms with van der Waals surface area (Å²) in [5, 5.41) is 7.06. The normalized spacial score (nSPS) is 10.2. The molecule has 2 N–H and O–H groups in total. The van der Waals surface area contributed by atoms with Crippen molar-refractivity contribution in [3.05, 3.63) is 51.6 Å². The van der Waals surface area contributed by atoms with E-state index in [1.54, 1.807) is 30.3 Å². The third-order valence-corrected chi connectivity index (χ3v) is 2.97. The van der Waals surface area contributed by atoms with Crippen LogP contribution in [0, 0.1) is 0 Å². The summed E-state index contributed by atoms with van der Waals surface area (Å²) in [7, 11) is 0. The predicted octanol–water partition coefficient (Wildman–Crippen LogP) is 4.09. The van der Waals surface area contributed by atoms with E-state index in [1.165, 1.54) is 6.20 Å². The van der Waals surface area contributed by atoms with Crippen molar-refractivity contribution in [3.63, 3.8) is 0 Å². The van der Waals surface area contributed by atoms with E-state index in [9.17, 15) is 4.79 Å². The Morgan fingerprint density at radius 3 is 2.35 bits per heavy atom. The lowest BCUT2D eigenvalue weighted by atomic mass is 10.3. The maximum Gasteiger partial charge on any atom is 0.244 e. The molecule has 0 aliphatic carbocycles. The molecule has 4 nitrogen and oxygen atoms in total. The van der Waals surface area contributed by atoms with Gasteiger partial charge in [0.2, 0.25) is 5.91 Å². The SMILES string of the molecule is O=C(CNc1cc(Cl)cc(Cl)c1)Nc1ccc(Cl)cn1. The number of anilines is 2. The minimum atomic E-state index is -0.240. The molecule has 0 unspecified atom stereocenters. The van der Waals surface area contributed by atoms with Crippen molar-refractivity contribution in [2.45, 2.75) is 0 Å². The van der Waals surface area contributed by atoms with Gasteiger partial charge >= 0.3 is 0 Å². The van der Waals surface area contributed by atoms with Crippen molar-refractivity contribution in [1.82, 2.24) is 4.98 Å². The van der Waals surface area contributed by atoms with E-state index in [1.807, 2.05) is 0 Å². The minimum Gasteiger partial charge on any atom is -0.376 e. The summed E-state index contributed by atoms with van der Waals surface area (Å²) in [6.45, 7) is 0.0704. The molecule has 1 aromatic carbocycles. The number of amides is 1. The molecule has 0 atom stereocenters. The second kappa shape index (κ2) is 6.79. The van der Waals surface area contributed by atoms with Crippen LogP contribution in [0.15, 0.2) is 36.5 Å². The van der Waals surface area contributed by atoms with Crippen LogP contribution in [0.4, 0.5) is 11.5 Å². The number of halogens is 3. The van der Waals surface area contributed by atoms with Gasteiger partial charge in [-0.1, -0.05) is 34.8 Å². The zero-order valence-electron chi connectivity index (χ0n) is 10.2. The molecule has 20 heavy (non-hydrogen) atoms. The number of nitrogens with zero attached hydrogens (tertiary/aromatic N) is 1. The molecule has 0 radical (unpaired) electrons. The Morgan fingerprint density at radius 1 is 1.05 bits per heavy atom. The van der Waals surface area contributed by atoms with Gasteiger partial charge in [0, 0.05) is 21.9 Å². The zero-order chi connectivity index (χ0) is 14.5. The van der Waals surface area contributed by atoms with Crippen LogP contribution in [0.3, 0.4) is 0 Å². The van der Waals surface area contributed by atoms with Gasteiger partial charge in [0.1, 0.15) is 5.82 Å². The third kappa shape index (κ3) is 4.56. The summed E-state index contributed by atoms with van der Waals surface area (Å²) in [5.74, 6) is 0.196. The molecule has 2 aromatic rings. The van der Waals surface area contributed by atoms with Gasteiger partial charge < -0.3 is 10.6 Å². The molecule has 1 aromatic heterocycles. The van der Waals surface area contributed by atoms with Gasteiger partial charge in [0.25, 0.3) is 0 Å². The van der Waals surface area contributed by atoms with Crippen LogP contribution in [0.2, 0.25) is 15.1 Å². The zero-order valence-corrected chi connectivity index (χ0v) is 12.4. The maximum atomic E-state index is 11.7. The van der Waals surface area contributed by atoms with Crippen molar-refractivity contribution < 1.29 is 4.79 Å². The number of nitrogens with one attached hydrogen (secondary N) is 2. The molecule has 1 amide bonds. The van der Waals surface area contributed by atoms with E-state index in [4.69, 9.17) is 34.8 Å². The van der Waals surface area contributed by atoms with Gasteiger partial charge in [0.05, 0.1) is 11.6 Å². The van der Waals surface area contributed by atoms with Gasteiger partial charge in [-0.15, -0.1) is 0 Å². The van der Waals surface area contributed by atoms with Crippen molar-refractivity contribution in [3.8, 4) is 0 Å². The van der Waals surface area contributed by atoms with Crippen molar-refractivity contribution in [1.29, 1.82) is 0 Å². The fourth-order valence-corrected chi connectivity index (χ4v) is 2.11. The first-order chi connectivity index (χ1) is 9.52. The molecule has 104 valence electrons. The number of hydrogen-bond acceptors (Lipinski definition) is 3. The van der Waals surface area contributed by atoms with Gasteiger partial charge in [-0.25, -0.2) is 4.98 Å². The maximum absolute atomic E-state index is 11.7. The Balaban J connectivity index is 1.90. The number of carbonyl (C=O) groups excluding carboxylic acids is 1. The van der Waals surface area contributed by atoms with Crippen LogP contribution in [0.1, 0.15) is 0 Å². The van der Waals surface area contributed by atoms with E-state index in [0.29, 0.717) is 26.6 Å². The van der Waals surface area contributed by atoms with Gasteiger partial charge in [-0.3, -0.25) is 4.79 Å². The van der Waals surface area contributed by atoms with Crippen LogP contribution in [-0.4, -0.2) is 17.4 Å². The standard InChI is InChI=1S/C13H10Cl3N3O/c14-8-1-2-12(18-6-8)19-13(20)7-17-11-4-9(15)3-10(16)5-11/h1-6,17H,7H2,(H,18,19,20). The van der Waals surface area contributed by atoms with Crippen molar-refractivity contribution in [2.24, 2.45) is 0 Å². The van der Waals surface area contributed by atoms with Gasteiger partial charge in [-0.2, -0.15) is 0 Å². The van der Waals surface area contributed by atoms with Crippen LogP contribution >= 0.6 is 34.8 Å². The molecule has 0 fully saturated rings. The van der Waals surface area contributed by atoms with E-state index in [2.05, 4.69) is 15.6 Å². The number of benzene rings is 1. The molecular weight excluding hydrogens is 321 g/mol. The average molecular weight is 331 g/mol. The second-order valence-corrected chi connectivity index (χ2v) is 5.23. The number of carbonyl (C=O) groups is 1. The first-order valence-electron chi connectivity index (χ1n) is 5.64. The molecule has 0 aliphatic rings. The number of rotatable bonds is 4. The molecule has 0 saturated heterocycles. The Bertz CT molecular complexity index is 597. The van der Waals surface area contributed by atoms with Crippen LogP contribution in [-0.2, 0) is 4.79 Å². The molecule has 2 rings (SSSR count). The monoisotopic (exact) mass is 329 g/mol. The molecule has 0 bridgehead atoms. The van der Waals surface area contributed by atoms with Gasteiger partial charge in [-0.05, 0) is 30.3 Å². The Morgan fingerprint density at radius 2 is 1.75 bits per heavy atom. The minimum absolute atomic E-state index is 0.0704. The molecule has 0 aliphatic heterocycles. The van der Waals surface area contributed by atoms with E-state index >= 15 is 0 Å². The Labute approximate surface area is 131 Å². The lowest BCUT2D eigenvalue weighted by Gasteiger charge is -2.08.